The first kappa shape index (κ1) is 16.4. The molecule has 5 nitrogen and oxygen atoms in total. The van der Waals surface area contributed by atoms with Crippen LogP contribution in [0.15, 0.2) is 42.7 Å². The molecule has 24 heavy (non-hydrogen) atoms. The lowest BCUT2D eigenvalue weighted by Gasteiger charge is -2.17. The summed E-state index contributed by atoms with van der Waals surface area (Å²) in [4.78, 5) is 11.2. The Morgan fingerprint density at radius 3 is 2.88 bits per heavy atom. The standard InChI is InChI=1S/C18H21FN4O/c1-14-4-3-5-15(12-14)16-13-23-8-6-17(21-18(23)20-16)22(2)9-11-24-10-7-19/h3-6,8,12-13H,7,9-11H2,1-2H3. The van der Waals surface area contributed by atoms with Crippen molar-refractivity contribution in [3.63, 3.8) is 0 Å². The van der Waals surface area contributed by atoms with Gasteiger partial charge in [0.1, 0.15) is 12.5 Å². The number of likely N-dealkylation sites (N-methyl/N-ethyl adjacent to an activating group) is 1. The molecule has 2 aromatic heterocycles. The number of halogens is 1. The summed E-state index contributed by atoms with van der Waals surface area (Å²) < 4.78 is 19.1. The Balaban J connectivity index is 1.78. The van der Waals surface area contributed by atoms with Gasteiger partial charge < -0.3 is 9.64 Å². The first-order valence-corrected chi connectivity index (χ1v) is 7.95. The van der Waals surface area contributed by atoms with E-state index in [-0.39, 0.29) is 6.61 Å². The molecule has 0 spiro atoms. The highest BCUT2D eigenvalue weighted by Crippen LogP contribution is 2.20. The zero-order chi connectivity index (χ0) is 16.9. The third-order valence-electron chi connectivity index (χ3n) is 3.81. The summed E-state index contributed by atoms with van der Waals surface area (Å²) in [6, 6.07) is 10.2. The summed E-state index contributed by atoms with van der Waals surface area (Å²) in [5.41, 5.74) is 3.18. The lowest BCUT2D eigenvalue weighted by atomic mass is 10.1. The van der Waals surface area contributed by atoms with Crippen molar-refractivity contribution in [2.24, 2.45) is 0 Å². The minimum Gasteiger partial charge on any atom is -0.377 e. The van der Waals surface area contributed by atoms with Gasteiger partial charge in [-0.15, -0.1) is 0 Å². The van der Waals surface area contributed by atoms with E-state index in [0.717, 1.165) is 17.1 Å². The van der Waals surface area contributed by atoms with Gasteiger partial charge in [0.05, 0.1) is 18.9 Å². The van der Waals surface area contributed by atoms with Crippen LogP contribution >= 0.6 is 0 Å². The molecule has 126 valence electrons. The van der Waals surface area contributed by atoms with Crippen LogP contribution in [0.5, 0.6) is 0 Å². The molecule has 0 aliphatic rings. The molecule has 0 unspecified atom stereocenters. The number of fused-ring (bicyclic) bond motifs is 1. The third kappa shape index (κ3) is 3.71. The van der Waals surface area contributed by atoms with Gasteiger partial charge in [-0.3, -0.25) is 4.40 Å². The average molecular weight is 328 g/mol. The van der Waals surface area contributed by atoms with E-state index in [9.17, 15) is 4.39 Å². The number of hydrogen-bond acceptors (Lipinski definition) is 4. The largest absolute Gasteiger partial charge is 0.377 e. The molecule has 0 aliphatic heterocycles. The van der Waals surface area contributed by atoms with Gasteiger partial charge in [-0.05, 0) is 19.1 Å². The maximum atomic E-state index is 12.0. The summed E-state index contributed by atoms with van der Waals surface area (Å²) in [6.45, 7) is 2.87. The van der Waals surface area contributed by atoms with Crippen LogP contribution in [0.1, 0.15) is 5.56 Å². The zero-order valence-corrected chi connectivity index (χ0v) is 13.9. The van der Waals surface area contributed by atoms with Gasteiger partial charge in [0.15, 0.2) is 0 Å². The zero-order valence-electron chi connectivity index (χ0n) is 13.9. The fraction of sp³-hybridized carbons (Fsp3) is 0.333. The highest BCUT2D eigenvalue weighted by atomic mass is 19.1. The molecule has 0 atom stereocenters. The molecule has 0 N–H and O–H groups in total. The average Bonchev–Trinajstić information content (AvgIpc) is 3.02. The number of benzene rings is 1. The maximum Gasteiger partial charge on any atom is 0.236 e. The molecule has 2 heterocycles. The fourth-order valence-electron chi connectivity index (χ4n) is 2.49. The third-order valence-corrected chi connectivity index (χ3v) is 3.81. The van der Waals surface area contributed by atoms with E-state index in [1.54, 1.807) is 0 Å². The summed E-state index contributed by atoms with van der Waals surface area (Å²) in [5.74, 6) is 1.47. The van der Waals surface area contributed by atoms with Crippen molar-refractivity contribution in [2.45, 2.75) is 6.92 Å². The van der Waals surface area contributed by atoms with Crippen LogP contribution in [0.2, 0.25) is 0 Å². The van der Waals surface area contributed by atoms with Crippen molar-refractivity contribution in [2.75, 3.05) is 38.4 Å². The molecule has 0 aliphatic carbocycles. The van der Waals surface area contributed by atoms with E-state index in [1.165, 1.54) is 5.56 Å². The van der Waals surface area contributed by atoms with E-state index in [2.05, 4.69) is 29.0 Å². The summed E-state index contributed by atoms with van der Waals surface area (Å²) in [6.07, 6.45) is 3.92. The van der Waals surface area contributed by atoms with Gasteiger partial charge in [0.2, 0.25) is 5.78 Å². The van der Waals surface area contributed by atoms with E-state index >= 15 is 0 Å². The van der Waals surface area contributed by atoms with Crippen molar-refractivity contribution in [1.29, 1.82) is 0 Å². The molecule has 0 fully saturated rings. The molecule has 0 saturated heterocycles. The number of anilines is 1. The van der Waals surface area contributed by atoms with E-state index in [4.69, 9.17) is 4.74 Å². The molecule has 0 bridgehead atoms. The van der Waals surface area contributed by atoms with E-state index in [1.807, 2.05) is 46.9 Å². The van der Waals surface area contributed by atoms with Crippen molar-refractivity contribution in [3.05, 3.63) is 48.3 Å². The van der Waals surface area contributed by atoms with Crippen molar-refractivity contribution >= 4 is 11.6 Å². The molecule has 0 amide bonds. The van der Waals surface area contributed by atoms with Gasteiger partial charge in [0, 0.05) is 31.5 Å². The topological polar surface area (TPSA) is 42.7 Å². The molecule has 6 heteroatoms. The number of hydrogen-bond donors (Lipinski definition) is 0. The van der Waals surface area contributed by atoms with Crippen LogP contribution in [-0.2, 0) is 4.74 Å². The maximum absolute atomic E-state index is 12.0. The molecule has 0 radical (unpaired) electrons. The Morgan fingerprint density at radius 2 is 2.08 bits per heavy atom. The molecular formula is C18H21FN4O. The number of alkyl halides is 1. The van der Waals surface area contributed by atoms with E-state index in [0.29, 0.717) is 18.9 Å². The van der Waals surface area contributed by atoms with Crippen LogP contribution in [0, 0.1) is 6.92 Å². The SMILES string of the molecule is Cc1cccc(-c2cn3ccc(N(C)CCOCCF)nc3n2)c1. The minimum absolute atomic E-state index is 0.139. The molecule has 3 aromatic rings. The van der Waals surface area contributed by atoms with Crippen molar-refractivity contribution in [1.82, 2.24) is 14.4 Å². The monoisotopic (exact) mass is 328 g/mol. The highest BCUT2D eigenvalue weighted by molar-refractivity contribution is 5.62. The molecular weight excluding hydrogens is 307 g/mol. The van der Waals surface area contributed by atoms with Crippen LogP contribution in [0.4, 0.5) is 10.2 Å². The highest BCUT2D eigenvalue weighted by Gasteiger charge is 2.08. The van der Waals surface area contributed by atoms with Crippen molar-refractivity contribution < 1.29 is 9.13 Å². The Hall–Kier alpha value is -2.47. The quantitative estimate of drug-likeness (QED) is 0.625. The lowest BCUT2D eigenvalue weighted by molar-refractivity contribution is 0.125. The van der Waals surface area contributed by atoms with Gasteiger partial charge in [-0.2, -0.15) is 4.98 Å². The van der Waals surface area contributed by atoms with Gasteiger partial charge in [0.25, 0.3) is 0 Å². The first-order valence-electron chi connectivity index (χ1n) is 7.95. The number of aromatic nitrogens is 3. The number of aryl methyl sites for hydroxylation is 1. The van der Waals surface area contributed by atoms with Crippen molar-refractivity contribution in [3.8, 4) is 11.3 Å². The van der Waals surface area contributed by atoms with E-state index < -0.39 is 6.67 Å². The second-order valence-electron chi connectivity index (χ2n) is 5.71. The number of rotatable bonds is 7. The molecule has 0 saturated carbocycles. The Bertz CT molecular complexity index is 818. The Kier molecular flexibility index (Phi) is 5.05. The Labute approximate surface area is 140 Å². The lowest BCUT2D eigenvalue weighted by Crippen LogP contribution is -2.24. The number of ether oxygens (including phenoxy) is 1. The fourth-order valence-corrected chi connectivity index (χ4v) is 2.49. The van der Waals surface area contributed by atoms with Gasteiger partial charge in [-0.1, -0.05) is 23.8 Å². The minimum atomic E-state index is -0.455. The smallest absolute Gasteiger partial charge is 0.236 e. The summed E-state index contributed by atoms with van der Waals surface area (Å²) >= 11 is 0. The van der Waals surface area contributed by atoms with Crippen LogP contribution < -0.4 is 4.90 Å². The second kappa shape index (κ2) is 7.40. The number of nitrogens with zero attached hydrogens (tertiary/aromatic N) is 4. The van der Waals surface area contributed by atoms with Gasteiger partial charge in [-0.25, -0.2) is 9.37 Å². The first-order chi connectivity index (χ1) is 11.7. The van der Waals surface area contributed by atoms with Crippen LogP contribution in [0.25, 0.3) is 17.0 Å². The summed E-state index contributed by atoms with van der Waals surface area (Å²) in [7, 11) is 1.93. The molecule has 1 aromatic carbocycles. The van der Waals surface area contributed by atoms with Crippen LogP contribution in [-0.4, -0.2) is 47.8 Å². The Morgan fingerprint density at radius 1 is 1.21 bits per heavy atom. The molecule has 3 rings (SSSR count). The van der Waals surface area contributed by atoms with Gasteiger partial charge >= 0.3 is 0 Å². The van der Waals surface area contributed by atoms with Crippen LogP contribution in [0.3, 0.4) is 0 Å². The normalized spacial score (nSPS) is 11.1. The predicted molar refractivity (Wildman–Crippen MR) is 93.2 cm³/mol. The second-order valence-corrected chi connectivity index (χ2v) is 5.71. The summed E-state index contributed by atoms with van der Waals surface area (Å²) in [5, 5.41) is 0. The predicted octanol–water partition coefficient (Wildman–Crippen LogP) is 3.13. The number of imidazole rings is 1.